The van der Waals surface area contributed by atoms with Crippen LogP contribution < -0.4 is 11.3 Å². The van der Waals surface area contributed by atoms with Crippen molar-refractivity contribution in [2.75, 3.05) is 13.1 Å². The number of aliphatic hydroxyl groups is 1. The molecule has 4 N–H and O–H groups in total. The van der Waals surface area contributed by atoms with Crippen LogP contribution in [0.5, 0.6) is 0 Å². The van der Waals surface area contributed by atoms with E-state index < -0.39 is 17.7 Å². The molecule has 1 fully saturated rings. The quantitative estimate of drug-likeness (QED) is 0.665. The van der Waals surface area contributed by atoms with Gasteiger partial charge in [-0.25, -0.2) is 0 Å². The summed E-state index contributed by atoms with van der Waals surface area (Å²) in [5.41, 5.74) is 5.45. The Hall–Kier alpha value is -1.66. The van der Waals surface area contributed by atoms with Crippen molar-refractivity contribution in [3.63, 3.8) is 0 Å². The number of hydrogen-bond donors (Lipinski definition) is 3. The van der Waals surface area contributed by atoms with Gasteiger partial charge in [-0.1, -0.05) is 0 Å². The Morgan fingerprint density at radius 3 is 2.72 bits per heavy atom. The van der Waals surface area contributed by atoms with E-state index in [2.05, 4.69) is 4.98 Å². The molecule has 0 radical (unpaired) electrons. The molecule has 2 rings (SSSR count). The molecule has 0 bridgehead atoms. The van der Waals surface area contributed by atoms with E-state index in [1.165, 1.54) is 12.3 Å². The molecule has 0 unspecified atom stereocenters. The lowest BCUT2D eigenvalue weighted by molar-refractivity contribution is -0.134. The van der Waals surface area contributed by atoms with Gasteiger partial charge in [0.1, 0.15) is 12.1 Å². The first kappa shape index (κ1) is 12.8. The molecule has 0 aliphatic carbocycles. The van der Waals surface area contributed by atoms with Crippen LogP contribution in [0.2, 0.25) is 0 Å². The molecule has 98 valence electrons. The molecule has 2 heterocycles. The van der Waals surface area contributed by atoms with Crippen molar-refractivity contribution in [3.05, 3.63) is 34.2 Å². The molecule has 0 spiro atoms. The highest BCUT2D eigenvalue weighted by molar-refractivity contribution is 5.82. The topological polar surface area (TPSA) is 99.4 Å². The highest BCUT2D eigenvalue weighted by atomic mass is 16.3. The predicted octanol–water partition coefficient (Wildman–Crippen LogP) is -0.642. The Kier molecular flexibility index (Phi) is 3.78. The summed E-state index contributed by atoms with van der Waals surface area (Å²) in [5, 5.41) is 10.0. The second-order valence-corrected chi connectivity index (χ2v) is 4.46. The third kappa shape index (κ3) is 2.44. The van der Waals surface area contributed by atoms with Crippen molar-refractivity contribution < 1.29 is 9.90 Å². The van der Waals surface area contributed by atoms with E-state index in [0.717, 1.165) is 12.8 Å². The van der Waals surface area contributed by atoms with E-state index in [4.69, 9.17) is 5.73 Å². The number of carbonyl (C=O) groups excluding carboxylic acids is 1. The zero-order valence-corrected chi connectivity index (χ0v) is 10.0. The molecule has 1 saturated heterocycles. The van der Waals surface area contributed by atoms with Crippen molar-refractivity contribution >= 4 is 5.91 Å². The van der Waals surface area contributed by atoms with Crippen LogP contribution >= 0.6 is 0 Å². The molecule has 0 saturated carbocycles. The minimum atomic E-state index is -1.27. The Morgan fingerprint density at radius 1 is 1.44 bits per heavy atom. The van der Waals surface area contributed by atoms with Crippen LogP contribution in [0.1, 0.15) is 24.5 Å². The number of H-pyrrole nitrogens is 1. The number of pyridine rings is 1. The minimum absolute atomic E-state index is 0.123. The average Bonchev–Trinajstić information content (AvgIpc) is 2.90. The first-order chi connectivity index (χ1) is 8.61. The van der Waals surface area contributed by atoms with E-state index in [-0.39, 0.29) is 11.5 Å². The Bertz CT molecular complexity index is 479. The number of aliphatic hydroxyl groups excluding tert-OH is 1. The van der Waals surface area contributed by atoms with Gasteiger partial charge in [-0.05, 0) is 25.0 Å². The van der Waals surface area contributed by atoms with Crippen molar-refractivity contribution in [2.45, 2.75) is 25.0 Å². The highest BCUT2D eigenvalue weighted by Crippen LogP contribution is 2.16. The van der Waals surface area contributed by atoms with E-state index in [1.807, 2.05) is 0 Å². The van der Waals surface area contributed by atoms with Crippen LogP contribution in [-0.4, -0.2) is 40.0 Å². The lowest BCUT2D eigenvalue weighted by Crippen LogP contribution is -2.46. The fourth-order valence-corrected chi connectivity index (χ4v) is 2.14. The number of aromatic nitrogens is 1. The first-order valence-electron chi connectivity index (χ1n) is 6.01. The number of carbonyl (C=O) groups is 1. The fourth-order valence-electron chi connectivity index (χ4n) is 2.14. The van der Waals surface area contributed by atoms with Crippen LogP contribution in [0.3, 0.4) is 0 Å². The van der Waals surface area contributed by atoms with Crippen molar-refractivity contribution in [1.29, 1.82) is 0 Å². The third-order valence-electron chi connectivity index (χ3n) is 3.21. The van der Waals surface area contributed by atoms with Gasteiger partial charge in [0.2, 0.25) is 5.91 Å². The van der Waals surface area contributed by atoms with Crippen molar-refractivity contribution in [1.82, 2.24) is 9.88 Å². The molecule has 1 aromatic rings. The van der Waals surface area contributed by atoms with Gasteiger partial charge < -0.3 is 20.7 Å². The number of hydrogen-bond acceptors (Lipinski definition) is 4. The summed E-state index contributed by atoms with van der Waals surface area (Å²) in [4.78, 5) is 27.6. The smallest absolute Gasteiger partial charge is 0.253 e. The molecule has 1 aliphatic heterocycles. The summed E-state index contributed by atoms with van der Waals surface area (Å²) in [6.45, 7) is 1.34. The van der Waals surface area contributed by atoms with Gasteiger partial charge >= 0.3 is 0 Å². The van der Waals surface area contributed by atoms with Crippen LogP contribution in [0.4, 0.5) is 0 Å². The number of nitrogens with two attached hydrogens (primary N) is 1. The highest BCUT2D eigenvalue weighted by Gasteiger charge is 2.30. The van der Waals surface area contributed by atoms with Gasteiger partial charge in [-0.2, -0.15) is 0 Å². The molecule has 1 aromatic heterocycles. The maximum Gasteiger partial charge on any atom is 0.253 e. The van der Waals surface area contributed by atoms with Gasteiger partial charge in [0.25, 0.3) is 5.56 Å². The van der Waals surface area contributed by atoms with Gasteiger partial charge in [0, 0.05) is 24.8 Å². The van der Waals surface area contributed by atoms with Crippen molar-refractivity contribution in [2.24, 2.45) is 5.73 Å². The third-order valence-corrected chi connectivity index (χ3v) is 3.21. The molecule has 1 aliphatic rings. The lowest BCUT2D eigenvalue weighted by atomic mass is 10.0. The summed E-state index contributed by atoms with van der Waals surface area (Å²) in [5.74, 6) is -0.303. The fraction of sp³-hybridized carbons (Fsp3) is 0.500. The minimum Gasteiger partial charge on any atom is -0.386 e. The molecular weight excluding hydrogens is 234 g/mol. The van der Waals surface area contributed by atoms with Crippen LogP contribution in [-0.2, 0) is 4.79 Å². The second kappa shape index (κ2) is 5.32. The molecule has 6 nitrogen and oxygen atoms in total. The summed E-state index contributed by atoms with van der Waals surface area (Å²) in [7, 11) is 0. The normalized spacial score (nSPS) is 18.7. The van der Waals surface area contributed by atoms with Gasteiger partial charge in [0.15, 0.2) is 0 Å². The molecule has 1 amide bonds. The number of nitrogens with one attached hydrogen (secondary N) is 1. The standard InChI is InChI=1S/C12H17N3O3/c13-9(12(18)15-6-1-2-7-15)10(16)8-4-3-5-14-11(8)17/h3-5,9-10,16H,1-2,6-7,13H2,(H,14,17)/t9-,10+/m0/s1. The first-order valence-corrected chi connectivity index (χ1v) is 6.01. The number of amides is 1. The summed E-state index contributed by atoms with van der Waals surface area (Å²) < 4.78 is 0. The lowest BCUT2D eigenvalue weighted by Gasteiger charge is -2.23. The monoisotopic (exact) mass is 251 g/mol. The number of aromatic amines is 1. The summed E-state index contributed by atoms with van der Waals surface area (Å²) in [6.07, 6.45) is 2.11. The molecule has 0 aromatic carbocycles. The molecule has 18 heavy (non-hydrogen) atoms. The van der Waals surface area contributed by atoms with Gasteiger partial charge in [-0.15, -0.1) is 0 Å². The van der Waals surface area contributed by atoms with E-state index in [1.54, 1.807) is 11.0 Å². The number of nitrogens with zero attached hydrogens (tertiary/aromatic N) is 1. The van der Waals surface area contributed by atoms with Crippen molar-refractivity contribution in [3.8, 4) is 0 Å². The Balaban J connectivity index is 2.13. The number of rotatable bonds is 3. The van der Waals surface area contributed by atoms with Crippen LogP contribution in [0.15, 0.2) is 23.1 Å². The second-order valence-electron chi connectivity index (χ2n) is 4.46. The van der Waals surface area contributed by atoms with Gasteiger partial charge in [-0.3, -0.25) is 9.59 Å². The molecule has 6 heteroatoms. The Labute approximate surface area is 104 Å². The largest absolute Gasteiger partial charge is 0.386 e. The average molecular weight is 251 g/mol. The maximum absolute atomic E-state index is 12.0. The summed E-state index contributed by atoms with van der Waals surface area (Å²) >= 11 is 0. The van der Waals surface area contributed by atoms with Crippen LogP contribution in [0.25, 0.3) is 0 Å². The van der Waals surface area contributed by atoms with E-state index in [0.29, 0.717) is 13.1 Å². The summed E-state index contributed by atoms with van der Waals surface area (Å²) in [6, 6.07) is 1.97. The number of likely N-dealkylation sites (tertiary alicyclic amines) is 1. The van der Waals surface area contributed by atoms with E-state index in [9.17, 15) is 14.7 Å². The van der Waals surface area contributed by atoms with Gasteiger partial charge in [0.05, 0.1) is 0 Å². The SMILES string of the molecule is N[C@H](C(=O)N1CCCC1)[C@H](O)c1ccc[nH]c1=O. The molecular formula is C12H17N3O3. The van der Waals surface area contributed by atoms with Crippen LogP contribution in [0, 0.1) is 0 Å². The molecule has 2 atom stereocenters. The maximum atomic E-state index is 12.0. The zero-order valence-electron chi connectivity index (χ0n) is 10.0. The predicted molar refractivity (Wildman–Crippen MR) is 65.8 cm³/mol. The zero-order chi connectivity index (χ0) is 13.1. The van der Waals surface area contributed by atoms with E-state index >= 15 is 0 Å². The Morgan fingerprint density at radius 2 is 2.11 bits per heavy atom.